The topological polar surface area (TPSA) is 32.3 Å². The van der Waals surface area contributed by atoms with Crippen molar-refractivity contribution >= 4 is 0 Å². The van der Waals surface area contributed by atoms with Gasteiger partial charge in [-0.1, -0.05) is 51.9 Å². The molecule has 0 bridgehead atoms. The zero-order valence-corrected chi connectivity index (χ0v) is 12.0. The van der Waals surface area contributed by atoms with E-state index in [4.69, 9.17) is 5.11 Å². The van der Waals surface area contributed by atoms with E-state index in [9.17, 15) is 0 Å². The largest absolute Gasteiger partial charge is 0.393 e. The molecule has 2 heteroatoms. The van der Waals surface area contributed by atoms with Gasteiger partial charge in [-0.25, -0.2) is 0 Å². The lowest BCUT2D eigenvalue weighted by Gasteiger charge is -2.06. The Morgan fingerprint density at radius 1 is 0.824 bits per heavy atom. The van der Waals surface area contributed by atoms with Gasteiger partial charge in [-0.05, 0) is 39.3 Å². The molecule has 0 amide bonds. The van der Waals surface area contributed by atoms with Gasteiger partial charge in [-0.15, -0.1) is 0 Å². The number of unbranched alkanes of at least 4 members (excludes halogenated alkanes) is 7. The lowest BCUT2D eigenvalue weighted by molar-refractivity contribution is 0.181. The average molecular weight is 243 g/mol. The summed E-state index contributed by atoms with van der Waals surface area (Å²) in [5.74, 6) is 0. The fraction of sp³-hybridized carbons (Fsp3) is 1.00. The van der Waals surface area contributed by atoms with Crippen molar-refractivity contribution in [3.05, 3.63) is 0 Å². The first-order chi connectivity index (χ1) is 8.27. The SMILES string of the molecule is CCCCCCCCCCNCCCC(C)O. The van der Waals surface area contributed by atoms with E-state index >= 15 is 0 Å². The molecule has 0 fully saturated rings. The molecule has 0 aliphatic heterocycles. The van der Waals surface area contributed by atoms with Gasteiger partial charge in [0.15, 0.2) is 0 Å². The molecule has 1 unspecified atom stereocenters. The Bertz CT molecular complexity index is 137. The van der Waals surface area contributed by atoms with E-state index in [1.54, 1.807) is 0 Å². The van der Waals surface area contributed by atoms with E-state index in [0.29, 0.717) is 0 Å². The molecule has 0 saturated carbocycles. The summed E-state index contributed by atoms with van der Waals surface area (Å²) >= 11 is 0. The normalized spacial score (nSPS) is 12.9. The molecular formula is C15H33NO. The summed E-state index contributed by atoms with van der Waals surface area (Å²) in [7, 11) is 0. The maximum absolute atomic E-state index is 9.09. The van der Waals surface area contributed by atoms with E-state index < -0.39 is 0 Å². The summed E-state index contributed by atoms with van der Waals surface area (Å²) in [5, 5.41) is 12.5. The van der Waals surface area contributed by atoms with Gasteiger partial charge in [-0.3, -0.25) is 0 Å². The predicted molar refractivity (Wildman–Crippen MR) is 76.4 cm³/mol. The zero-order chi connectivity index (χ0) is 12.8. The van der Waals surface area contributed by atoms with Crippen LogP contribution < -0.4 is 5.32 Å². The summed E-state index contributed by atoms with van der Waals surface area (Å²) in [6.45, 7) is 6.33. The zero-order valence-electron chi connectivity index (χ0n) is 12.0. The van der Waals surface area contributed by atoms with Gasteiger partial charge in [0.25, 0.3) is 0 Å². The van der Waals surface area contributed by atoms with Crippen LogP contribution in [0.15, 0.2) is 0 Å². The lowest BCUT2D eigenvalue weighted by atomic mass is 10.1. The van der Waals surface area contributed by atoms with E-state index in [2.05, 4.69) is 12.2 Å². The van der Waals surface area contributed by atoms with Crippen LogP contribution in [0.4, 0.5) is 0 Å². The molecule has 1 atom stereocenters. The average Bonchev–Trinajstić information content (AvgIpc) is 2.30. The quantitative estimate of drug-likeness (QED) is 0.481. The van der Waals surface area contributed by atoms with Crippen LogP contribution in [0.25, 0.3) is 0 Å². The Morgan fingerprint density at radius 3 is 1.94 bits per heavy atom. The third-order valence-corrected chi connectivity index (χ3v) is 3.18. The van der Waals surface area contributed by atoms with E-state index in [0.717, 1.165) is 25.9 Å². The number of rotatable bonds is 13. The van der Waals surface area contributed by atoms with Crippen molar-refractivity contribution in [2.24, 2.45) is 0 Å². The van der Waals surface area contributed by atoms with Crippen LogP contribution in [0, 0.1) is 0 Å². The highest BCUT2D eigenvalue weighted by atomic mass is 16.3. The van der Waals surface area contributed by atoms with Gasteiger partial charge in [0.1, 0.15) is 0 Å². The van der Waals surface area contributed by atoms with Gasteiger partial charge in [-0.2, -0.15) is 0 Å². The molecule has 0 aromatic rings. The minimum absolute atomic E-state index is 0.139. The Hall–Kier alpha value is -0.0800. The summed E-state index contributed by atoms with van der Waals surface area (Å²) in [5.41, 5.74) is 0. The Kier molecular flexibility index (Phi) is 13.9. The molecule has 0 aromatic carbocycles. The smallest absolute Gasteiger partial charge is 0.0512 e. The van der Waals surface area contributed by atoms with Gasteiger partial charge >= 0.3 is 0 Å². The highest BCUT2D eigenvalue weighted by molar-refractivity contribution is 4.53. The second-order valence-corrected chi connectivity index (χ2v) is 5.22. The number of hydrogen-bond donors (Lipinski definition) is 2. The van der Waals surface area contributed by atoms with Crippen LogP contribution in [0.5, 0.6) is 0 Å². The molecule has 104 valence electrons. The maximum atomic E-state index is 9.09. The van der Waals surface area contributed by atoms with Crippen molar-refractivity contribution in [3.63, 3.8) is 0 Å². The molecule has 0 radical (unpaired) electrons. The summed E-state index contributed by atoms with van der Waals surface area (Å²) in [6, 6.07) is 0. The maximum Gasteiger partial charge on any atom is 0.0512 e. The molecule has 2 nitrogen and oxygen atoms in total. The van der Waals surface area contributed by atoms with Crippen LogP contribution >= 0.6 is 0 Å². The number of hydrogen-bond acceptors (Lipinski definition) is 2. The van der Waals surface area contributed by atoms with Crippen LogP contribution in [-0.2, 0) is 0 Å². The fourth-order valence-electron chi connectivity index (χ4n) is 2.03. The first kappa shape index (κ1) is 16.9. The first-order valence-corrected chi connectivity index (χ1v) is 7.66. The molecule has 0 aromatic heterocycles. The van der Waals surface area contributed by atoms with Crippen molar-refractivity contribution in [2.75, 3.05) is 13.1 Å². The number of nitrogens with one attached hydrogen (secondary N) is 1. The third-order valence-electron chi connectivity index (χ3n) is 3.18. The Labute approximate surface area is 108 Å². The molecule has 0 rings (SSSR count). The van der Waals surface area contributed by atoms with Gasteiger partial charge in [0.2, 0.25) is 0 Å². The van der Waals surface area contributed by atoms with Crippen molar-refractivity contribution in [1.82, 2.24) is 5.32 Å². The molecule has 2 N–H and O–H groups in total. The van der Waals surface area contributed by atoms with Crippen LogP contribution in [0.3, 0.4) is 0 Å². The van der Waals surface area contributed by atoms with Gasteiger partial charge in [0.05, 0.1) is 6.10 Å². The predicted octanol–water partition coefficient (Wildman–Crippen LogP) is 3.88. The number of aliphatic hydroxyl groups excluding tert-OH is 1. The molecule has 0 heterocycles. The minimum Gasteiger partial charge on any atom is -0.393 e. The van der Waals surface area contributed by atoms with E-state index in [1.807, 2.05) is 6.92 Å². The Morgan fingerprint density at radius 2 is 1.35 bits per heavy atom. The van der Waals surface area contributed by atoms with Crippen molar-refractivity contribution in [3.8, 4) is 0 Å². The summed E-state index contributed by atoms with van der Waals surface area (Å²) in [6.07, 6.45) is 13.0. The third kappa shape index (κ3) is 15.9. The van der Waals surface area contributed by atoms with Crippen LogP contribution in [0.1, 0.15) is 78.1 Å². The standard InChI is InChI=1S/C15H33NO/c1-3-4-5-6-7-8-9-10-13-16-14-11-12-15(2)17/h15-17H,3-14H2,1-2H3. The minimum atomic E-state index is -0.139. The molecule has 0 saturated heterocycles. The molecular weight excluding hydrogens is 210 g/mol. The first-order valence-electron chi connectivity index (χ1n) is 7.66. The van der Waals surface area contributed by atoms with E-state index in [1.165, 1.54) is 51.4 Å². The van der Waals surface area contributed by atoms with Crippen molar-refractivity contribution < 1.29 is 5.11 Å². The summed E-state index contributed by atoms with van der Waals surface area (Å²) < 4.78 is 0. The van der Waals surface area contributed by atoms with Gasteiger partial charge in [0, 0.05) is 0 Å². The monoisotopic (exact) mass is 243 g/mol. The molecule has 0 aliphatic carbocycles. The highest BCUT2D eigenvalue weighted by Crippen LogP contribution is 2.07. The number of aliphatic hydroxyl groups is 1. The van der Waals surface area contributed by atoms with Crippen molar-refractivity contribution in [1.29, 1.82) is 0 Å². The van der Waals surface area contributed by atoms with Crippen molar-refractivity contribution in [2.45, 2.75) is 84.2 Å². The second kappa shape index (κ2) is 14.0. The molecule has 0 spiro atoms. The molecule has 17 heavy (non-hydrogen) atoms. The van der Waals surface area contributed by atoms with Gasteiger partial charge < -0.3 is 10.4 Å². The second-order valence-electron chi connectivity index (χ2n) is 5.22. The highest BCUT2D eigenvalue weighted by Gasteiger charge is 1.95. The molecule has 0 aliphatic rings. The lowest BCUT2D eigenvalue weighted by Crippen LogP contribution is -2.17. The van der Waals surface area contributed by atoms with Crippen LogP contribution in [-0.4, -0.2) is 24.3 Å². The Balaban J connectivity index is 2.89. The summed E-state index contributed by atoms with van der Waals surface area (Å²) in [4.78, 5) is 0. The van der Waals surface area contributed by atoms with E-state index in [-0.39, 0.29) is 6.10 Å². The van der Waals surface area contributed by atoms with Crippen LogP contribution in [0.2, 0.25) is 0 Å². The fourth-order valence-corrected chi connectivity index (χ4v) is 2.03.